The number of carbonyl (C=O) groups is 1. The fourth-order valence-corrected chi connectivity index (χ4v) is 4.87. The Kier molecular flexibility index (Phi) is 6.95. The summed E-state index contributed by atoms with van der Waals surface area (Å²) in [7, 11) is -0.516. The second kappa shape index (κ2) is 9.26. The van der Waals surface area contributed by atoms with Gasteiger partial charge in [0.1, 0.15) is 12.4 Å². The van der Waals surface area contributed by atoms with Crippen LogP contribution in [-0.4, -0.2) is 42.3 Å². The molecule has 29 heavy (non-hydrogen) atoms. The van der Waals surface area contributed by atoms with Gasteiger partial charge < -0.3 is 9.30 Å². The number of rotatable bonds is 9. The number of fused-ring (bicyclic) bond motifs is 1. The molecule has 0 unspecified atom stereocenters. The molecule has 0 atom stereocenters. The molecule has 1 heterocycles. The smallest absolute Gasteiger partial charge is 0.306 e. The molecule has 1 aromatic heterocycles. The Morgan fingerprint density at radius 2 is 2.00 bits per heavy atom. The third kappa shape index (κ3) is 4.98. The summed E-state index contributed by atoms with van der Waals surface area (Å²) in [5, 5.41) is 0. The maximum absolute atomic E-state index is 12.4. The van der Waals surface area contributed by atoms with E-state index in [0.29, 0.717) is 23.7 Å². The van der Waals surface area contributed by atoms with Crippen LogP contribution in [0.2, 0.25) is 0 Å². The first kappa shape index (κ1) is 21.8. The van der Waals surface area contributed by atoms with Crippen molar-refractivity contribution in [1.82, 2.24) is 13.9 Å². The molecule has 0 N–H and O–H groups in total. The summed E-state index contributed by atoms with van der Waals surface area (Å²) in [5.74, 6) is 1.11. The highest BCUT2D eigenvalue weighted by Crippen LogP contribution is 2.28. The van der Waals surface area contributed by atoms with Crippen LogP contribution >= 0.6 is 0 Å². The second-order valence-electron chi connectivity index (χ2n) is 7.97. The van der Waals surface area contributed by atoms with Crippen LogP contribution in [0, 0.1) is 5.92 Å². The number of imidazole rings is 1. The van der Waals surface area contributed by atoms with Crippen molar-refractivity contribution in [2.24, 2.45) is 5.92 Å². The van der Waals surface area contributed by atoms with E-state index in [1.54, 1.807) is 18.2 Å². The number of sulfonamides is 1. The maximum atomic E-state index is 12.4. The summed E-state index contributed by atoms with van der Waals surface area (Å²) < 4.78 is 33.5. The van der Waals surface area contributed by atoms with Crippen molar-refractivity contribution in [3.05, 3.63) is 24.0 Å². The van der Waals surface area contributed by atoms with Crippen LogP contribution in [0.5, 0.6) is 0 Å². The molecule has 0 radical (unpaired) electrons. The zero-order chi connectivity index (χ0) is 21.0. The van der Waals surface area contributed by atoms with Crippen molar-refractivity contribution in [3.63, 3.8) is 0 Å². The monoisotopic (exact) mass is 421 g/mol. The van der Waals surface area contributed by atoms with E-state index < -0.39 is 10.0 Å². The molecule has 1 saturated carbocycles. The highest BCUT2D eigenvalue weighted by molar-refractivity contribution is 7.89. The molecule has 0 saturated heterocycles. The van der Waals surface area contributed by atoms with Crippen LogP contribution in [0.3, 0.4) is 0 Å². The molecule has 7 nitrogen and oxygen atoms in total. The topological polar surface area (TPSA) is 81.5 Å². The number of esters is 1. The molecule has 3 rings (SSSR count). The minimum atomic E-state index is -3.53. The summed E-state index contributed by atoms with van der Waals surface area (Å²) in [4.78, 5) is 17.0. The fourth-order valence-electron chi connectivity index (χ4n) is 3.95. The van der Waals surface area contributed by atoms with Crippen LogP contribution in [0.1, 0.15) is 57.7 Å². The number of aryl methyl sites for hydroxylation is 1. The van der Waals surface area contributed by atoms with Crippen molar-refractivity contribution < 1.29 is 17.9 Å². The lowest BCUT2D eigenvalue weighted by atomic mass is 10.0. The normalized spacial score (nSPS) is 15.4. The molecule has 1 aromatic carbocycles. The minimum Gasteiger partial charge on any atom is -0.458 e. The lowest BCUT2D eigenvalue weighted by Crippen LogP contribution is -2.22. The Labute approximate surface area is 173 Å². The maximum Gasteiger partial charge on any atom is 0.306 e. The van der Waals surface area contributed by atoms with Gasteiger partial charge in [-0.3, -0.25) is 4.79 Å². The van der Waals surface area contributed by atoms with Crippen molar-refractivity contribution in [3.8, 4) is 0 Å². The SMILES string of the molecule is CCCn1c(COC(=O)CCC2CCCC2)nc2cc(S(=O)(=O)N(C)C)ccc21. The Morgan fingerprint density at radius 3 is 2.66 bits per heavy atom. The molecule has 0 bridgehead atoms. The molecule has 0 aliphatic heterocycles. The standard InChI is InChI=1S/C21H31N3O4S/c1-4-13-24-19-11-10-17(29(26,27)23(2)3)14-18(19)22-20(24)15-28-21(25)12-9-16-7-5-6-8-16/h10-11,14,16H,4-9,12-13,15H2,1-3H3. The Morgan fingerprint density at radius 1 is 1.28 bits per heavy atom. The van der Waals surface area contributed by atoms with E-state index >= 15 is 0 Å². The number of benzene rings is 1. The van der Waals surface area contributed by atoms with Gasteiger partial charge in [-0.15, -0.1) is 0 Å². The van der Waals surface area contributed by atoms with Crippen molar-refractivity contribution in [1.29, 1.82) is 0 Å². The first-order chi connectivity index (χ1) is 13.8. The summed E-state index contributed by atoms with van der Waals surface area (Å²) in [6, 6.07) is 4.96. The molecule has 8 heteroatoms. The van der Waals surface area contributed by atoms with Gasteiger partial charge in [-0.2, -0.15) is 0 Å². The predicted molar refractivity (Wildman–Crippen MR) is 112 cm³/mol. The van der Waals surface area contributed by atoms with E-state index in [2.05, 4.69) is 11.9 Å². The number of nitrogens with zero attached hydrogens (tertiary/aromatic N) is 3. The third-order valence-electron chi connectivity index (χ3n) is 5.62. The summed E-state index contributed by atoms with van der Waals surface area (Å²) in [6.07, 6.45) is 7.22. The zero-order valence-electron chi connectivity index (χ0n) is 17.6. The number of aromatic nitrogens is 2. The first-order valence-electron chi connectivity index (χ1n) is 10.4. The Hall–Kier alpha value is -1.93. The molecule has 160 valence electrons. The van der Waals surface area contributed by atoms with Crippen molar-refractivity contribution in [2.75, 3.05) is 14.1 Å². The van der Waals surface area contributed by atoms with E-state index in [4.69, 9.17) is 4.74 Å². The van der Waals surface area contributed by atoms with Crippen LogP contribution in [0.15, 0.2) is 23.1 Å². The van der Waals surface area contributed by atoms with Gasteiger partial charge in [-0.25, -0.2) is 17.7 Å². The molecular weight excluding hydrogens is 390 g/mol. The predicted octanol–water partition coefficient (Wildman–Crippen LogP) is 3.71. The largest absolute Gasteiger partial charge is 0.458 e. The fraction of sp³-hybridized carbons (Fsp3) is 0.619. The number of carbonyl (C=O) groups excluding carboxylic acids is 1. The lowest BCUT2D eigenvalue weighted by Gasteiger charge is -2.11. The average Bonchev–Trinajstić information content (AvgIpc) is 3.32. The van der Waals surface area contributed by atoms with Gasteiger partial charge in [-0.05, 0) is 37.0 Å². The van der Waals surface area contributed by atoms with E-state index in [9.17, 15) is 13.2 Å². The Balaban J connectivity index is 1.75. The molecule has 1 aliphatic rings. The van der Waals surface area contributed by atoms with Gasteiger partial charge >= 0.3 is 5.97 Å². The van der Waals surface area contributed by atoms with Crippen LogP contribution in [0.25, 0.3) is 11.0 Å². The van der Waals surface area contributed by atoms with Gasteiger partial charge in [0, 0.05) is 27.1 Å². The van der Waals surface area contributed by atoms with Crippen LogP contribution < -0.4 is 0 Å². The van der Waals surface area contributed by atoms with Crippen LogP contribution in [-0.2, 0) is 32.7 Å². The number of hydrogen-bond acceptors (Lipinski definition) is 5. The van der Waals surface area contributed by atoms with Crippen molar-refractivity contribution >= 4 is 27.0 Å². The third-order valence-corrected chi connectivity index (χ3v) is 7.43. The van der Waals surface area contributed by atoms with Gasteiger partial charge in [0.25, 0.3) is 0 Å². The van der Waals surface area contributed by atoms with Gasteiger partial charge in [0.2, 0.25) is 10.0 Å². The highest BCUT2D eigenvalue weighted by Gasteiger charge is 2.21. The first-order valence-corrected chi connectivity index (χ1v) is 11.8. The molecular formula is C21H31N3O4S. The average molecular weight is 422 g/mol. The van der Waals surface area contributed by atoms with Crippen LogP contribution in [0.4, 0.5) is 0 Å². The lowest BCUT2D eigenvalue weighted by molar-refractivity contribution is -0.145. The zero-order valence-corrected chi connectivity index (χ0v) is 18.4. The van der Waals surface area contributed by atoms with E-state index in [0.717, 1.165) is 24.9 Å². The quantitative estimate of drug-likeness (QED) is 0.577. The molecule has 0 amide bonds. The van der Waals surface area contributed by atoms with E-state index in [1.165, 1.54) is 44.1 Å². The number of hydrogen-bond donors (Lipinski definition) is 0. The van der Waals surface area contributed by atoms with Gasteiger partial charge in [0.05, 0.1) is 15.9 Å². The molecule has 1 aliphatic carbocycles. The Bertz CT molecular complexity index is 960. The molecule has 2 aromatic rings. The van der Waals surface area contributed by atoms with E-state index in [-0.39, 0.29) is 17.5 Å². The number of ether oxygens (including phenoxy) is 1. The van der Waals surface area contributed by atoms with Crippen molar-refractivity contribution in [2.45, 2.75) is 69.9 Å². The minimum absolute atomic E-state index is 0.105. The molecule has 0 spiro atoms. The highest BCUT2D eigenvalue weighted by atomic mass is 32.2. The molecule has 1 fully saturated rings. The van der Waals surface area contributed by atoms with Gasteiger partial charge in [0.15, 0.2) is 0 Å². The second-order valence-corrected chi connectivity index (χ2v) is 10.1. The summed E-state index contributed by atoms with van der Waals surface area (Å²) in [6.45, 7) is 2.90. The van der Waals surface area contributed by atoms with Gasteiger partial charge in [-0.1, -0.05) is 32.6 Å². The summed E-state index contributed by atoms with van der Waals surface area (Å²) in [5.41, 5.74) is 1.44. The van der Waals surface area contributed by atoms with E-state index in [1.807, 2.05) is 4.57 Å². The summed E-state index contributed by atoms with van der Waals surface area (Å²) >= 11 is 0.